The lowest BCUT2D eigenvalue weighted by Gasteiger charge is -2.32. The number of esters is 1. The minimum atomic E-state index is -0.638. The fourth-order valence-corrected chi connectivity index (χ4v) is 2.30. The zero-order chi connectivity index (χ0) is 14.5. The molecule has 0 bridgehead atoms. The zero-order valence-electron chi connectivity index (χ0n) is 13.0. The van der Waals surface area contributed by atoms with E-state index in [0.717, 1.165) is 25.8 Å². The van der Waals surface area contributed by atoms with Crippen molar-refractivity contribution < 1.29 is 14.3 Å². The van der Waals surface area contributed by atoms with Crippen LogP contribution in [0.5, 0.6) is 0 Å². The first-order chi connectivity index (χ1) is 8.85. The van der Waals surface area contributed by atoms with Crippen LogP contribution in [0.4, 0.5) is 0 Å². The Bertz CT molecular complexity index is 294. The number of hydrogen-bond acceptors (Lipinski definition) is 4. The third kappa shape index (κ3) is 4.77. The number of methoxy groups -OCH3 is 1. The van der Waals surface area contributed by atoms with Crippen LogP contribution in [0.1, 0.15) is 47.0 Å². The van der Waals surface area contributed by atoms with Crippen LogP contribution in [0.15, 0.2) is 0 Å². The second kappa shape index (κ2) is 6.71. The molecule has 1 unspecified atom stereocenters. The minimum absolute atomic E-state index is 0.187. The van der Waals surface area contributed by atoms with Crippen LogP contribution in [0.3, 0.4) is 0 Å². The van der Waals surface area contributed by atoms with Gasteiger partial charge in [-0.1, -0.05) is 27.7 Å². The first kappa shape index (κ1) is 16.4. The lowest BCUT2D eigenvalue weighted by atomic mass is 9.92. The molecule has 0 amide bonds. The molecule has 1 atom stereocenters. The maximum Gasteiger partial charge on any atom is 0.328 e. The van der Waals surface area contributed by atoms with E-state index in [9.17, 15) is 4.79 Å². The molecule has 0 aromatic heterocycles. The molecule has 1 saturated carbocycles. The van der Waals surface area contributed by atoms with Crippen molar-refractivity contribution in [2.45, 2.75) is 52.5 Å². The Morgan fingerprint density at radius 2 is 1.95 bits per heavy atom. The van der Waals surface area contributed by atoms with E-state index in [-0.39, 0.29) is 11.4 Å². The first-order valence-electron chi connectivity index (χ1n) is 7.27. The lowest BCUT2D eigenvalue weighted by molar-refractivity contribution is -0.153. The quantitative estimate of drug-likeness (QED) is 0.544. The van der Waals surface area contributed by atoms with Gasteiger partial charge >= 0.3 is 5.97 Å². The summed E-state index contributed by atoms with van der Waals surface area (Å²) in [6.45, 7) is 10.4. The van der Waals surface area contributed by atoms with Crippen molar-refractivity contribution in [2.24, 2.45) is 11.3 Å². The van der Waals surface area contributed by atoms with Gasteiger partial charge in [-0.05, 0) is 37.1 Å². The van der Waals surface area contributed by atoms with Crippen LogP contribution in [0, 0.1) is 11.3 Å². The maximum absolute atomic E-state index is 12.1. The summed E-state index contributed by atoms with van der Waals surface area (Å²) in [4.78, 5) is 12.1. The lowest BCUT2D eigenvalue weighted by Crippen LogP contribution is -2.58. The summed E-state index contributed by atoms with van der Waals surface area (Å²) in [5, 5.41) is 3.31. The average Bonchev–Trinajstić information content (AvgIpc) is 3.15. The highest BCUT2D eigenvalue weighted by Gasteiger charge is 2.51. The van der Waals surface area contributed by atoms with Gasteiger partial charge in [0.2, 0.25) is 0 Å². The molecule has 0 aliphatic heterocycles. The first-order valence-corrected chi connectivity index (χ1v) is 7.27. The van der Waals surface area contributed by atoms with Crippen LogP contribution in [-0.4, -0.2) is 38.4 Å². The van der Waals surface area contributed by atoms with Gasteiger partial charge in [-0.15, -0.1) is 0 Å². The smallest absolute Gasteiger partial charge is 0.328 e. The summed E-state index contributed by atoms with van der Waals surface area (Å²) in [6.07, 6.45) is 3.14. The third-order valence-corrected chi connectivity index (χ3v) is 3.64. The van der Waals surface area contributed by atoms with Crippen LogP contribution in [0.25, 0.3) is 0 Å². The Morgan fingerprint density at radius 1 is 1.32 bits per heavy atom. The van der Waals surface area contributed by atoms with Gasteiger partial charge in [0.15, 0.2) is 0 Å². The van der Waals surface area contributed by atoms with E-state index >= 15 is 0 Å². The Labute approximate surface area is 117 Å². The van der Waals surface area contributed by atoms with Gasteiger partial charge < -0.3 is 9.47 Å². The average molecular weight is 271 g/mol. The van der Waals surface area contributed by atoms with Gasteiger partial charge in [0.05, 0.1) is 13.7 Å². The highest BCUT2D eigenvalue weighted by molar-refractivity contribution is 5.82. The van der Waals surface area contributed by atoms with Crippen molar-refractivity contribution in [1.29, 1.82) is 0 Å². The van der Waals surface area contributed by atoms with Crippen molar-refractivity contribution >= 4 is 5.97 Å². The molecule has 4 heteroatoms. The molecule has 1 aliphatic rings. The normalized spacial score (nSPS) is 19.0. The summed E-state index contributed by atoms with van der Waals surface area (Å²) in [5.41, 5.74) is -0.382. The van der Waals surface area contributed by atoms with Crippen LogP contribution in [0.2, 0.25) is 0 Å². The number of ether oxygens (including phenoxy) is 2. The number of hydrogen-bond donors (Lipinski definition) is 1. The van der Waals surface area contributed by atoms with Crippen LogP contribution in [-0.2, 0) is 14.3 Å². The molecule has 0 spiro atoms. The third-order valence-electron chi connectivity index (χ3n) is 3.64. The summed E-state index contributed by atoms with van der Waals surface area (Å²) in [5.74, 6) is 0.169. The topological polar surface area (TPSA) is 47.6 Å². The Balaban J connectivity index is 2.56. The van der Waals surface area contributed by atoms with Gasteiger partial charge in [0, 0.05) is 6.61 Å². The highest BCUT2D eigenvalue weighted by Crippen LogP contribution is 2.40. The molecular formula is C15H29NO3. The Hall–Kier alpha value is -0.610. The van der Waals surface area contributed by atoms with Crippen molar-refractivity contribution in [3.05, 3.63) is 0 Å². The summed E-state index contributed by atoms with van der Waals surface area (Å²) in [7, 11) is 1.45. The van der Waals surface area contributed by atoms with Crippen molar-refractivity contribution in [1.82, 2.24) is 5.32 Å². The number of rotatable bonds is 8. The number of likely N-dealkylation sites (N-methyl/N-ethyl adjacent to an activating group) is 1. The second-order valence-electron chi connectivity index (χ2n) is 6.63. The molecule has 0 aromatic carbocycles. The van der Waals surface area contributed by atoms with E-state index < -0.39 is 5.54 Å². The number of carbonyl (C=O) groups excluding carboxylic acids is 1. The molecule has 1 fully saturated rings. The second-order valence-corrected chi connectivity index (χ2v) is 6.63. The van der Waals surface area contributed by atoms with Crippen molar-refractivity contribution in [3.63, 3.8) is 0 Å². The van der Waals surface area contributed by atoms with Crippen molar-refractivity contribution in [2.75, 3.05) is 26.9 Å². The molecule has 1 aliphatic carbocycles. The molecule has 0 radical (unpaired) electrons. The molecule has 0 heterocycles. The molecular weight excluding hydrogens is 242 g/mol. The van der Waals surface area contributed by atoms with Gasteiger partial charge in [0.1, 0.15) is 5.54 Å². The molecule has 19 heavy (non-hydrogen) atoms. The van der Waals surface area contributed by atoms with Crippen molar-refractivity contribution in [3.8, 4) is 0 Å². The summed E-state index contributed by atoms with van der Waals surface area (Å²) >= 11 is 0. The SMILES string of the molecule is CCNC(COCCC(C)(C)C)(C(=O)OC)C1CC1. The monoisotopic (exact) mass is 271 g/mol. The number of carbonyl (C=O) groups is 1. The fourth-order valence-electron chi connectivity index (χ4n) is 2.30. The molecule has 4 nitrogen and oxygen atoms in total. The van der Waals surface area contributed by atoms with E-state index in [4.69, 9.17) is 9.47 Å². The van der Waals surface area contributed by atoms with E-state index in [1.165, 1.54) is 7.11 Å². The van der Waals surface area contributed by atoms with E-state index in [0.29, 0.717) is 19.1 Å². The molecule has 0 saturated heterocycles. The fraction of sp³-hybridized carbons (Fsp3) is 0.933. The highest BCUT2D eigenvalue weighted by atomic mass is 16.5. The minimum Gasteiger partial charge on any atom is -0.468 e. The predicted octanol–water partition coefficient (Wildman–Crippen LogP) is 2.37. The largest absolute Gasteiger partial charge is 0.468 e. The Morgan fingerprint density at radius 3 is 2.37 bits per heavy atom. The predicted molar refractivity (Wildman–Crippen MR) is 76.0 cm³/mol. The molecule has 1 rings (SSSR count). The standard InChI is InChI=1S/C15H29NO3/c1-6-16-15(12-7-8-12,13(17)18-5)11-19-10-9-14(2,3)4/h12,16H,6-11H2,1-5H3. The zero-order valence-corrected chi connectivity index (χ0v) is 13.0. The van der Waals surface area contributed by atoms with Crippen LogP contribution >= 0.6 is 0 Å². The van der Waals surface area contributed by atoms with Gasteiger partial charge in [-0.3, -0.25) is 5.32 Å². The molecule has 112 valence electrons. The van der Waals surface area contributed by atoms with E-state index in [1.807, 2.05) is 6.92 Å². The van der Waals surface area contributed by atoms with E-state index in [1.54, 1.807) is 0 Å². The van der Waals surface area contributed by atoms with Gasteiger partial charge in [-0.25, -0.2) is 4.79 Å². The molecule has 1 N–H and O–H groups in total. The van der Waals surface area contributed by atoms with E-state index in [2.05, 4.69) is 26.1 Å². The Kier molecular flexibility index (Phi) is 5.81. The summed E-state index contributed by atoms with van der Waals surface area (Å²) < 4.78 is 10.8. The molecule has 0 aromatic rings. The summed E-state index contributed by atoms with van der Waals surface area (Å²) in [6, 6.07) is 0. The van der Waals surface area contributed by atoms with Gasteiger partial charge in [0.25, 0.3) is 0 Å². The maximum atomic E-state index is 12.1. The van der Waals surface area contributed by atoms with Crippen LogP contribution < -0.4 is 5.32 Å². The number of nitrogens with one attached hydrogen (secondary N) is 1. The van der Waals surface area contributed by atoms with Gasteiger partial charge in [-0.2, -0.15) is 0 Å².